The molecule has 0 aliphatic carbocycles. The molecular formula is C15H14F2N2O. The van der Waals surface area contributed by atoms with Crippen molar-refractivity contribution < 1.29 is 13.6 Å². The second-order valence-electron chi connectivity index (χ2n) is 4.40. The number of halogens is 2. The summed E-state index contributed by atoms with van der Waals surface area (Å²) in [7, 11) is 0. The minimum atomic E-state index is -0.583. The quantitative estimate of drug-likeness (QED) is 0.905. The molecule has 0 atom stereocenters. The lowest BCUT2D eigenvalue weighted by Gasteiger charge is -2.09. The SMILES string of the molecule is Cc1cccc(C(=O)Nc2ccc(F)c(CN)c2)c1F. The predicted molar refractivity (Wildman–Crippen MR) is 73.4 cm³/mol. The zero-order valence-electron chi connectivity index (χ0n) is 10.9. The van der Waals surface area contributed by atoms with Gasteiger partial charge in [-0.05, 0) is 36.8 Å². The van der Waals surface area contributed by atoms with Crippen molar-refractivity contribution in [3.63, 3.8) is 0 Å². The molecule has 0 aliphatic rings. The Morgan fingerprint density at radius 1 is 1.25 bits per heavy atom. The average Bonchev–Trinajstić information content (AvgIpc) is 2.43. The Balaban J connectivity index is 2.26. The molecular weight excluding hydrogens is 262 g/mol. The van der Waals surface area contributed by atoms with Gasteiger partial charge in [0.2, 0.25) is 0 Å². The highest BCUT2D eigenvalue weighted by Crippen LogP contribution is 2.17. The van der Waals surface area contributed by atoms with Crippen molar-refractivity contribution in [3.05, 3.63) is 64.7 Å². The molecule has 1 amide bonds. The standard InChI is InChI=1S/C15H14F2N2O/c1-9-3-2-4-12(14(9)17)15(20)19-11-5-6-13(16)10(7-11)8-18/h2-7H,8,18H2,1H3,(H,19,20). The number of carbonyl (C=O) groups is 1. The summed E-state index contributed by atoms with van der Waals surface area (Å²) < 4.78 is 27.1. The lowest BCUT2D eigenvalue weighted by atomic mass is 10.1. The Morgan fingerprint density at radius 3 is 2.70 bits per heavy atom. The van der Waals surface area contributed by atoms with E-state index in [9.17, 15) is 13.6 Å². The van der Waals surface area contributed by atoms with Crippen LogP contribution in [0.5, 0.6) is 0 Å². The average molecular weight is 276 g/mol. The van der Waals surface area contributed by atoms with Crippen molar-refractivity contribution in [1.29, 1.82) is 0 Å². The Hall–Kier alpha value is -2.27. The van der Waals surface area contributed by atoms with Gasteiger partial charge in [-0.3, -0.25) is 4.79 Å². The van der Waals surface area contributed by atoms with Gasteiger partial charge in [0.05, 0.1) is 5.56 Å². The smallest absolute Gasteiger partial charge is 0.258 e. The van der Waals surface area contributed by atoms with Crippen LogP contribution in [0.1, 0.15) is 21.5 Å². The Labute approximate surface area is 115 Å². The largest absolute Gasteiger partial charge is 0.326 e. The summed E-state index contributed by atoms with van der Waals surface area (Å²) in [4.78, 5) is 12.0. The molecule has 2 aromatic carbocycles. The zero-order valence-corrected chi connectivity index (χ0v) is 10.9. The number of nitrogens with one attached hydrogen (secondary N) is 1. The maximum Gasteiger partial charge on any atom is 0.258 e. The van der Waals surface area contributed by atoms with Gasteiger partial charge in [-0.15, -0.1) is 0 Å². The van der Waals surface area contributed by atoms with E-state index in [0.717, 1.165) is 0 Å². The number of aryl methyl sites for hydroxylation is 1. The first-order valence-electron chi connectivity index (χ1n) is 6.08. The van der Waals surface area contributed by atoms with Gasteiger partial charge in [0.1, 0.15) is 11.6 Å². The van der Waals surface area contributed by atoms with E-state index in [2.05, 4.69) is 5.32 Å². The Kier molecular flexibility index (Phi) is 4.10. The number of hydrogen-bond donors (Lipinski definition) is 2. The molecule has 20 heavy (non-hydrogen) atoms. The summed E-state index contributed by atoms with van der Waals surface area (Å²) in [5, 5.41) is 2.53. The molecule has 2 aromatic rings. The Morgan fingerprint density at radius 2 is 2.00 bits per heavy atom. The number of rotatable bonds is 3. The summed E-state index contributed by atoms with van der Waals surface area (Å²) >= 11 is 0. The van der Waals surface area contributed by atoms with Crippen LogP contribution < -0.4 is 11.1 Å². The van der Waals surface area contributed by atoms with Crippen LogP contribution in [0.3, 0.4) is 0 Å². The van der Waals surface area contributed by atoms with Gasteiger partial charge >= 0.3 is 0 Å². The third-order valence-corrected chi connectivity index (χ3v) is 2.96. The number of carbonyl (C=O) groups excluding carboxylic acids is 1. The van der Waals surface area contributed by atoms with Crippen LogP contribution in [0.2, 0.25) is 0 Å². The fraction of sp³-hybridized carbons (Fsp3) is 0.133. The monoisotopic (exact) mass is 276 g/mol. The number of anilines is 1. The van der Waals surface area contributed by atoms with E-state index in [4.69, 9.17) is 5.73 Å². The first-order chi connectivity index (χ1) is 9.52. The maximum atomic E-state index is 13.8. The van der Waals surface area contributed by atoms with Crippen LogP contribution >= 0.6 is 0 Å². The van der Waals surface area contributed by atoms with E-state index in [-0.39, 0.29) is 17.7 Å². The predicted octanol–water partition coefficient (Wildman–Crippen LogP) is 2.98. The highest BCUT2D eigenvalue weighted by Gasteiger charge is 2.13. The van der Waals surface area contributed by atoms with Crippen molar-refractivity contribution in [3.8, 4) is 0 Å². The summed E-state index contributed by atoms with van der Waals surface area (Å²) in [5.41, 5.74) is 6.39. The molecule has 0 aliphatic heterocycles. The van der Waals surface area contributed by atoms with Crippen molar-refractivity contribution in [2.45, 2.75) is 13.5 Å². The fourth-order valence-corrected chi connectivity index (χ4v) is 1.83. The number of hydrogen-bond acceptors (Lipinski definition) is 2. The van der Waals surface area contributed by atoms with Crippen LogP contribution in [-0.4, -0.2) is 5.91 Å². The molecule has 0 saturated carbocycles. The molecule has 0 unspecified atom stereocenters. The third kappa shape index (κ3) is 2.83. The second kappa shape index (κ2) is 5.79. The van der Waals surface area contributed by atoms with Crippen LogP contribution in [0, 0.1) is 18.6 Å². The zero-order chi connectivity index (χ0) is 14.7. The lowest BCUT2D eigenvalue weighted by molar-refractivity contribution is 0.102. The summed E-state index contributed by atoms with van der Waals surface area (Å²) in [6.45, 7) is 1.60. The summed E-state index contributed by atoms with van der Waals surface area (Å²) in [6, 6.07) is 8.62. The van der Waals surface area contributed by atoms with Gasteiger partial charge in [0, 0.05) is 17.8 Å². The molecule has 0 aromatic heterocycles. The molecule has 0 heterocycles. The van der Waals surface area contributed by atoms with E-state index >= 15 is 0 Å². The minimum absolute atomic E-state index is 0.0222. The summed E-state index contributed by atoms with van der Waals surface area (Å²) in [5.74, 6) is -1.58. The van der Waals surface area contributed by atoms with Gasteiger partial charge in [-0.2, -0.15) is 0 Å². The molecule has 0 radical (unpaired) electrons. The van der Waals surface area contributed by atoms with Crippen molar-refractivity contribution >= 4 is 11.6 Å². The number of nitrogens with two attached hydrogens (primary N) is 1. The van der Waals surface area contributed by atoms with Crippen LogP contribution in [0.25, 0.3) is 0 Å². The molecule has 3 N–H and O–H groups in total. The highest BCUT2D eigenvalue weighted by atomic mass is 19.1. The second-order valence-corrected chi connectivity index (χ2v) is 4.40. The minimum Gasteiger partial charge on any atom is -0.326 e. The molecule has 5 heteroatoms. The van der Waals surface area contributed by atoms with E-state index in [1.807, 2.05) is 0 Å². The van der Waals surface area contributed by atoms with E-state index in [1.54, 1.807) is 19.1 Å². The molecule has 2 rings (SSSR count). The van der Waals surface area contributed by atoms with E-state index in [1.165, 1.54) is 24.3 Å². The van der Waals surface area contributed by atoms with E-state index < -0.39 is 17.5 Å². The van der Waals surface area contributed by atoms with Gasteiger partial charge < -0.3 is 11.1 Å². The maximum absolute atomic E-state index is 13.8. The van der Waals surface area contributed by atoms with Gasteiger partial charge in [0.15, 0.2) is 0 Å². The lowest BCUT2D eigenvalue weighted by Crippen LogP contribution is -2.15. The molecule has 0 bridgehead atoms. The van der Waals surface area contributed by atoms with Gasteiger partial charge in [-0.25, -0.2) is 8.78 Å². The van der Waals surface area contributed by atoms with Crippen molar-refractivity contribution in [2.75, 3.05) is 5.32 Å². The molecule has 104 valence electrons. The topological polar surface area (TPSA) is 55.1 Å². The normalized spacial score (nSPS) is 10.4. The number of benzene rings is 2. The first kappa shape index (κ1) is 14.1. The summed E-state index contributed by atoms with van der Waals surface area (Å²) in [6.07, 6.45) is 0. The van der Waals surface area contributed by atoms with Crippen molar-refractivity contribution in [2.24, 2.45) is 5.73 Å². The van der Waals surface area contributed by atoms with Crippen molar-refractivity contribution in [1.82, 2.24) is 0 Å². The first-order valence-corrected chi connectivity index (χ1v) is 6.08. The van der Waals surface area contributed by atoms with Crippen LogP contribution in [-0.2, 0) is 6.54 Å². The van der Waals surface area contributed by atoms with Gasteiger partial charge in [-0.1, -0.05) is 12.1 Å². The highest BCUT2D eigenvalue weighted by molar-refractivity contribution is 6.04. The Bertz CT molecular complexity index is 656. The van der Waals surface area contributed by atoms with E-state index in [0.29, 0.717) is 11.3 Å². The molecule has 3 nitrogen and oxygen atoms in total. The van der Waals surface area contributed by atoms with Gasteiger partial charge in [0.25, 0.3) is 5.91 Å². The third-order valence-electron chi connectivity index (χ3n) is 2.96. The van der Waals surface area contributed by atoms with Crippen LogP contribution in [0.15, 0.2) is 36.4 Å². The van der Waals surface area contributed by atoms with Crippen LogP contribution in [0.4, 0.5) is 14.5 Å². The fourth-order valence-electron chi connectivity index (χ4n) is 1.83. The molecule has 0 spiro atoms. The molecule has 0 saturated heterocycles. The number of amides is 1. The molecule has 0 fully saturated rings.